The lowest BCUT2D eigenvalue weighted by atomic mass is 10.1. The normalized spacial score (nSPS) is 14.4. The largest absolute Gasteiger partial charge is 0.359 e. The third-order valence-electron chi connectivity index (χ3n) is 4.81. The molecule has 7 nitrogen and oxygen atoms in total. The van der Waals surface area contributed by atoms with E-state index < -0.39 is 0 Å². The lowest BCUT2D eigenvalue weighted by Gasteiger charge is -2.37. The Labute approximate surface area is 187 Å². The van der Waals surface area contributed by atoms with E-state index in [1.165, 1.54) is 0 Å². The maximum Gasteiger partial charge on any atom is 0.194 e. The number of halogens is 1. The van der Waals surface area contributed by atoms with Crippen LogP contribution in [0.5, 0.6) is 0 Å². The number of guanidine groups is 1. The first kappa shape index (κ1) is 21.1. The van der Waals surface area contributed by atoms with Gasteiger partial charge in [0.2, 0.25) is 0 Å². The fraction of sp³-hybridized carbons (Fsp3) is 0.286. The number of piperazine rings is 1. The Bertz CT molecular complexity index is 907. The maximum atomic E-state index is 5.47. The van der Waals surface area contributed by atoms with Gasteiger partial charge in [0.05, 0.1) is 6.54 Å². The van der Waals surface area contributed by atoms with Crippen LogP contribution in [0.1, 0.15) is 5.76 Å². The summed E-state index contributed by atoms with van der Waals surface area (Å²) in [6, 6.07) is 18.0. The number of rotatable bonds is 4. The van der Waals surface area contributed by atoms with Crippen molar-refractivity contribution in [2.75, 3.05) is 38.1 Å². The summed E-state index contributed by atoms with van der Waals surface area (Å²) in [6.07, 6.45) is 1.84. The molecule has 0 atom stereocenters. The predicted octanol–water partition coefficient (Wildman–Crippen LogP) is 3.25. The van der Waals surface area contributed by atoms with Gasteiger partial charge in [-0.25, -0.2) is 4.98 Å². The number of aliphatic imine (C=N–C) groups is 1. The van der Waals surface area contributed by atoms with Gasteiger partial charge in [-0.1, -0.05) is 41.6 Å². The molecule has 0 saturated carbocycles. The van der Waals surface area contributed by atoms with Crippen molar-refractivity contribution in [1.29, 1.82) is 0 Å². The SMILES string of the molecule is CN=C(NCc1cc(-c2ccccc2)no1)N1CCN(c2ccccn2)CC1.I. The Morgan fingerprint density at radius 3 is 2.52 bits per heavy atom. The van der Waals surface area contributed by atoms with Gasteiger partial charge >= 0.3 is 0 Å². The summed E-state index contributed by atoms with van der Waals surface area (Å²) >= 11 is 0. The Morgan fingerprint density at radius 2 is 1.83 bits per heavy atom. The highest BCUT2D eigenvalue weighted by molar-refractivity contribution is 14.0. The van der Waals surface area contributed by atoms with Gasteiger partial charge < -0.3 is 19.6 Å². The number of pyridine rings is 1. The number of anilines is 1. The number of nitrogens with one attached hydrogen (secondary N) is 1. The molecule has 8 heteroatoms. The van der Waals surface area contributed by atoms with Crippen LogP contribution in [0, 0.1) is 0 Å². The van der Waals surface area contributed by atoms with E-state index in [4.69, 9.17) is 4.52 Å². The zero-order chi connectivity index (χ0) is 19.2. The van der Waals surface area contributed by atoms with Crippen molar-refractivity contribution in [3.8, 4) is 11.3 Å². The van der Waals surface area contributed by atoms with E-state index >= 15 is 0 Å². The number of aromatic nitrogens is 2. The van der Waals surface area contributed by atoms with Crippen LogP contribution in [-0.4, -0.2) is 54.2 Å². The number of nitrogens with zero attached hydrogens (tertiary/aromatic N) is 5. The van der Waals surface area contributed by atoms with E-state index in [1.54, 1.807) is 0 Å². The molecule has 1 aromatic carbocycles. The molecule has 152 valence electrons. The first-order chi connectivity index (χ1) is 13.8. The second kappa shape index (κ2) is 10.2. The van der Waals surface area contributed by atoms with Gasteiger partial charge in [-0.15, -0.1) is 24.0 Å². The molecule has 2 aromatic heterocycles. The third-order valence-corrected chi connectivity index (χ3v) is 4.81. The molecule has 0 spiro atoms. The van der Waals surface area contributed by atoms with E-state index in [0.717, 1.165) is 55.0 Å². The maximum absolute atomic E-state index is 5.47. The molecule has 1 fully saturated rings. The summed E-state index contributed by atoms with van der Waals surface area (Å²) < 4.78 is 5.47. The molecule has 0 unspecified atom stereocenters. The minimum Gasteiger partial charge on any atom is -0.359 e. The van der Waals surface area contributed by atoms with Crippen LogP contribution in [0.2, 0.25) is 0 Å². The van der Waals surface area contributed by atoms with Gasteiger partial charge in [0.25, 0.3) is 0 Å². The summed E-state index contributed by atoms with van der Waals surface area (Å²) in [7, 11) is 1.81. The van der Waals surface area contributed by atoms with Crippen molar-refractivity contribution in [3.05, 3.63) is 66.6 Å². The van der Waals surface area contributed by atoms with Crippen LogP contribution in [0.25, 0.3) is 11.3 Å². The van der Waals surface area contributed by atoms with Crippen LogP contribution in [0.4, 0.5) is 5.82 Å². The smallest absolute Gasteiger partial charge is 0.194 e. The molecule has 0 aliphatic carbocycles. The standard InChI is InChI=1S/C21H24N6O.HI/c1-22-21(27-13-11-26(12-14-27)20-9-5-6-10-23-20)24-16-18-15-19(25-28-18)17-7-3-2-4-8-17;/h2-10,15H,11-14,16H2,1H3,(H,22,24);1H. The zero-order valence-corrected chi connectivity index (χ0v) is 18.7. The van der Waals surface area contributed by atoms with Crippen LogP contribution in [0.3, 0.4) is 0 Å². The van der Waals surface area contributed by atoms with E-state index in [2.05, 4.69) is 36.3 Å². The minimum absolute atomic E-state index is 0. The first-order valence-electron chi connectivity index (χ1n) is 9.46. The lowest BCUT2D eigenvalue weighted by molar-refractivity contribution is 0.358. The second-order valence-corrected chi connectivity index (χ2v) is 6.61. The zero-order valence-electron chi connectivity index (χ0n) is 16.4. The van der Waals surface area contributed by atoms with E-state index in [1.807, 2.05) is 61.8 Å². The molecule has 4 rings (SSSR count). The fourth-order valence-electron chi connectivity index (χ4n) is 3.33. The van der Waals surface area contributed by atoms with Crippen LogP contribution < -0.4 is 10.2 Å². The van der Waals surface area contributed by atoms with Crippen molar-refractivity contribution in [1.82, 2.24) is 20.4 Å². The number of hydrogen-bond acceptors (Lipinski definition) is 5. The summed E-state index contributed by atoms with van der Waals surface area (Å²) in [5.74, 6) is 2.69. The quantitative estimate of drug-likeness (QED) is 0.334. The molecule has 1 aliphatic rings. The third kappa shape index (κ3) is 5.26. The molecule has 1 saturated heterocycles. The van der Waals surface area contributed by atoms with E-state index in [0.29, 0.717) is 6.54 Å². The van der Waals surface area contributed by atoms with Crippen LogP contribution in [0.15, 0.2) is 70.3 Å². The first-order valence-corrected chi connectivity index (χ1v) is 9.46. The monoisotopic (exact) mass is 504 g/mol. The molecular weight excluding hydrogens is 479 g/mol. The van der Waals surface area contributed by atoms with Crippen molar-refractivity contribution in [3.63, 3.8) is 0 Å². The Balaban J connectivity index is 0.00000240. The summed E-state index contributed by atoms with van der Waals surface area (Å²) in [5.41, 5.74) is 1.89. The highest BCUT2D eigenvalue weighted by Crippen LogP contribution is 2.18. The molecule has 1 aliphatic heterocycles. The molecule has 29 heavy (non-hydrogen) atoms. The van der Waals surface area contributed by atoms with Crippen LogP contribution >= 0.6 is 24.0 Å². The molecule has 3 aromatic rings. The van der Waals surface area contributed by atoms with E-state index in [9.17, 15) is 0 Å². The molecule has 3 heterocycles. The van der Waals surface area contributed by atoms with Gasteiger partial charge in [0, 0.05) is 51.1 Å². The highest BCUT2D eigenvalue weighted by Gasteiger charge is 2.20. The molecule has 0 bridgehead atoms. The average molecular weight is 504 g/mol. The van der Waals surface area contributed by atoms with Gasteiger partial charge in [-0.3, -0.25) is 4.99 Å². The fourth-order valence-corrected chi connectivity index (χ4v) is 3.33. The van der Waals surface area contributed by atoms with Crippen molar-refractivity contribution < 1.29 is 4.52 Å². The molecule has 1 N–H and O–H groups in total. The van der Waals surface area contributed by atoms with Crippen molar-refractivity contribution >= 4 is 35.8 Å². The van der Waals surface area contributed by atoms with Crippen molar-refractivity contribution in [2.24, 2.45) is 4.99 Å². The minimum atomic E-state index is 0. The summed E-state index contributed by atoms with van der Waals surface area (Å²) in [6.45, 7) is 4.16. The molecule has 0 radical (unpaired) electrons. The van der Waals surface area contributed by atoms with Crippen LogP contribution in [-0.2, 0) is 6.54 Å². The predicted molar refractivity (Wildman–Crippen MR) is 126 cm³/mol. The van der Waals surface area contributed by atoms with Gasteiger partial charge in [0.15, 0.2) is 11.7 Å². The van der Waals surface area contributed by atoms with E-state index in [-0.39, 0.29) is 24.0 Å². The molecular formula is C21H25IN6O. The average Bonchev–Trinajstić information content (AvgIpc) is 3.25. The Kier molecular flexibility index (Phi) is 7.45. The molecule has 0 amide bonds. The topological polar surface area (TPSA) is 69.8 Å². The lowest BCUT2D eigenvalue weighted by Crippen LogP contribution is -2.52. The van der Waals surface area contributed by atoms with Gasteiger partial charge in [-0.05, 0) is 12.1 Å². The Morgan fingerprint density at radius 1 is 1.07 bits per heavy atom. The summed E-state index contributed by atoms with van der Waals surface area (Å²) in [4.78, 5) is 13.4. The summed E-state index contributed by atoms with van der Waals surface area (Å²) in [5, 5.41) is 7.55. The van der Waals surface area contributed by atoms with Crippen molar-refractivity contribution in [2.45, 2.75) is 6.54 Å². The highest BCUT2D eigenvalue weighted by atomic mass is 127. The van der Waals surface area contributed by atoms with Gasteiger partial charge in [0.1, 0.15) is 11.5 Å². The number of hydrogen-bond donors (Lipinski definition) is 1. The second-order valence-electron chi connectivity index (χ2n) is 6.61. The number of benzene rings is 1. The van der Waals surface area contributed by atoms with Gasteiger partial charge in [-0.2, -0.15) is 0 Å². The Hall–Kier alpha value is -2.62.